The maximum atomic E-state index is 12.6. The van der Waals surface area contributed by atoms with Crippen molar-refractivity contribution in [2.45, 2.75) is 45.1 Å². The summed E-state index contributed by atoms with van der Waals surface area (Å²) in [4.78, 5) is 33.0. The van der Waals surface area contributed by atoms with Crippen molar-refractivity contribution < 1.29 is 14.0 Å². The number of hydrogen-bond acceptors (Lipinski definition) is 4. The number of nitrogens with zero attached hydrogens (tertiary/aromatic N) is 3. The molecule has 2 fully saturated rings. The highest BCUT2D eigenvalue weighted by Crippen LogP contribution is 2.19. The summed E-state index contributed by atoms with van der Waals surface area (Å²) in [5.41, 5.74) is 2.46. The maximum absolute atomic E-state index is 12.6. The van der Waals surface area contributed by atoms with Crippen LogP contribution in [-0.4, -0.2) is 58.9 Å². The first kappa shape index (κ1) is 17.8. The average Bonchev–Trinajstić information content (AvgIpc) is 3.30. The van der Waals surface area contributed by atoms with Crippen LogP contribution < -0.4 is 5.32 Å². The minimum Gasteiger partial charge on any atom is -0.441 e. The van der Waals surface area contributed by atoms with Crippen LogP contribution >= 0.6 is 0 Å². The summed E-state index contributed by atoms with van der Waals surface area (Å²) in [6, 6.07) is 6.03. The van der Waals surface area contributed by atoms with Crippen LogP contribution in [0.3, 0.4) is 0 Å². The number of carbonyl (C=O) groups is 2. The third-order valence-electron chi connectivity index (χ3n) is 5.52. The minimum absolute atomic E-state index is 0.0147. The zero-order valence-corrected chi connectivity index (χ0v) is 15.7. The van der Waals surface area contributed by atoms with Crippen molar-refractivity contribution in [1.82, 2.24) is 20.1 Å². The first-order valence-corrected chi connectivity index (χ1v) is 9.78. The Bertz CT molecular complexity index is 833. The van der Waals surface area contributed by atoms with E-state index in [2.05, 4.69) is 10.3 Å². The van der Waals surface area contributed by atoms with Gasteiger partial charge in [0.25, 0.3) is 0 Å². The zero-order chi connectivity index (χ0) is 18.8. The molecular weight excluding hydrogens is 344 g/mol. The molecule has 7 heteroatoms. The van der Waals surface area contributed by atoms with Crippen LogP contribution in [0.1, 0.15) is 37.1 Å². The molecule has 1 N–H and O–H groups in total. The highest BCUT2D eigenvalue weighted by molar-refractivity contribution is 5.81. The van der Waals surface area contributed by atoms with Crippen molar-refractivity contribution in [1.29, 1.82) is 0 Å². The summed E-state index contributed by atoms with van der Waals surface area (Å²) in [6.45, 7) is 4.16. The van der Waals surface area contributed by atoms with Gasteiger partial charge in [0.2, 0.25) is 5.91 Å². The zero-order valence-electron chi connectivity index (χ0n) is 15.7. The van der Waals surface area contributed by atoms with Crippen LogP contribution in [-0.2, 0) is 11.2 Å². The normalized spacial score (nSPS) is 18.3. The molecule has 1 aromatic carbocycles. The first-order chi connectivity index (χ1) is 13.1. The fourth-order valence-corrected chi connectivity index (χ4v) is 3.98. The van der Waals surface area contributed by atoms with Gasteiger partial charge in [-0.05, 0) is 30.5 Å². The van der Waals surface area contributed by atoms with Gasteiger partial charge in [-0.3, -0.25) is 4.79 Å². The molecule has 0 bridgehead atoms. The number of piperazine rings is 1. The summed E-state index contributed by atoms with van der Waals surface area (Å²) >= 11 is 0. The Morgan fingerprint density at radius 2 is 1.85 bits per heavy atom. The van der Waals surface area contributed by atoms with E-state index in [1.54, 1.807) is 0 Å². The number of hydrogen-bond donors (Lipinski definition) is 1. The van der Waals surface area contributed by atoms with Crippen LogP contribution in [0.4, 0.5) is 4.79 Å². The van der Waals surface area contributed by atoms with Crippen LogP contribution in [0.2, 0.25) is 0 Å². The molecule has 1 aliphatic heterocycles. The summed E-state index contributed by atoms with van der Waals surface area (Å²) in [5, 5.41) is 3.12. The lowest BCUT2D eigenvalue weighted by Crippen LogP contribution is -2.54. The highest BCUT2D eigenvalue weighted by Gasteiger charge is 2.26. The molecule has 0 spiro atoms. The Kier molecular flexibility index (Phi) is 5.01. The highest BCUT2D eigenvalue weighted by atomic mass is 16.3. The second-order valence-electron chi connectivity index (χ2n) is 7.51. The summed E-state index contributed by atoms with van der Waals surface area (Å²) < 4.78 is 5.48. The standard InChI is InChI=1S/C20H26N4O3/c1-14-21-17-12-15(6-7-18(17)27-14)13-19(25)23-8-10-24(11-9-23)20(26)22-16-4-2-3-5-16/h6-7,12,16H,2-5,8-11,13H2,1H3,(H,22,26). The molecule has 1 aromatic heterocycles. The molecule has 2 aliphatic rings. The van der Waals surface area contributed by atoms with Gasteiger partial charge in [-0.25, -0.2) is 9.78 Å². The number of oxazole rings is 1. The second kappa shape index (κ2) is 7.58. The van der Waals surface area contributed by atoms with Gasteiger partial charge in [0.15, 0.2) is 11.5 Å². The molecule has 1 saturated carbocycles. The van der Waals surface area contributed by atoms with Gasteiger partial charge in [-0.1, -0.05) is 18.9 Å². The summed E-state index contributed by atoms with van der Waals surface area (Å²) in [7, 11) is 0. The van der Waals surface area contributed by atoms with E-state index < -0.39 is 0 Å². The molecule has 0 atom stereocenters. The van der Waals surface area contributed by atoms with Crippen molar-refractivity contribution >= 4 is 23.0 Å². The molecule has 1 saturated heterocycles. The number of rotatable bonds is 3. The molecule has 2 aromatic rings. The molecule has 7 nitrogen and oxygen atoms in total. The fourth-order valence-electron chi connectivity index (χ4n) is 3.98. The van der Waals surface area contributed by atoms with Crippen molar-refractivity contribution in [3.8, 4) is 0 Å². The molecule has 0 unspecified atom stereocenters. The van der Waals surface area contributed by atoms with Crippen molar-refractivity contribution in [2.75, 3.05) is 26.2 Å². The number of aromatic nitrogens is 1. The molecule has 0 radical (unpaired) electrons. The summed E-state index contributed by atoms with van der Waals surface area (Å²) in [5.74, 6) is 0.714. The molecule has 2 heterocycles. The Morgan fingerprint density at radius 3 is 2.59 bits per heavy atom. The number of urea groups is 1. The van der Waals surface area contributed by atoms with Gasteiger partial charge in [0, 0.05) is 39.1 Å². The quantitative estimate of drug-likeness (QED) is 0.900. The molecule has 4 rings (SSSR count). The van der Waals surface area contributed by atoms with Crippen LogP contribution in [0, 0.1) is 6.92 Å². The minimum atomic E-state index is 0.0147. The van der Waals surface area contributed by atoms with Crippen molar-refractivity contribution in [3.63, 3.8) is 0 Å². The lowest BCUT2D eigenvalue weighted by molar-refractivity contribution is -0.131. The van der Waals surface area contributed by atoms with E-state index in [-0.39, 0.29) is 11.9 Å². The Labute approximate surface area is 158 Å². The Morgan fingerprint density at radius 1 is 1.15 bits per heavy atom. The SMILES string of the molecule is Cc1nc2cc(CC(=O)N3CCN(C(=O)NC4CCCC4)CC3)ccc2o1. The monoisotopic (exact) mass is 370 g/mol. The Hall–Kier alpha value is -2.57. The fraction of sp³-hybridized carbons (Fsp3) is 0.550. The predicted molar refractivity (Wildman–Crippen MR) is 101 cm³/mol. The second-order valence-corrected chi connectivity index (χ2v) is 7.51. The molecule has 144 valence electrons. The third kappa shape index (κ3) is 4.07. The topological polar surface area (TPSA) is 78.7 Å². The average molecular weight is 370 g/mol. The summed E-state index contributed by atoms with van der Waals surface area (Å²) in [6.07, 6.45) is 4.91. The van der Waals surface area contributed by atoms with Crippen LogP contribution in [0.25, 0.3) is 11.1 Å². The van der Waals surface area contributed by atoms with E-state index in [9.17, 15) is 9.59 Å². The number of benzene rings is 1. The van der Waals surface area contributed by atoms with Crippen LogP contribution in [0.15, 0.2) is 22.6 Å². The van der Waals surface area contributed by atoms with Gasteiger partial charge in [0.1, 0.15) is 5.52 Å². The van der Waals surface area contributed by atoms with Gasteiger partial charge in [-0.2, -0.15) is 0 Å². The van der Waals surface area contributed by atoms with Gasteiger partial charge in [0.05, 0.1) is 6.42 Å². The smallest absolute Gasteiger partial charge is 0.317 e. The molecule has 27 heavy (non-hydrogen) atoms. The van der Waals surface area contributed by atoms with Crippen molar-refractivity contribution in [2.24, 2.45) is 0 Å². The molecule has 3 amide bonds. The molecular formula is C20H26N4O3. The van der Waals surface area contributed by atoms with E-state index >= 15 is 0 Å². The first-order valence-electron chi connectivity index (χ1n) is 9.78. The number of amides is 3. The lowest BCUT2D eigenvalue weighted by atomic mass is 10.1. The maximum Gasteiger partial charge on any atom is 0.317 e. The largest absolute Gasteiger partial charge is 0.441 e. The van der Waals surface area contributed by atoms with Gasteiger partial charge in [-0.15, -0.1) is 0 Å². The number of aryl methyl sites for hydroxylation is 1. The van der Waals surface area contributed by atoms with Gasteiger partial charge < -0.3 is 19.5 Å². The van der Waals surface area contributed by atoms with E-state index in [0.29, 0.717) is 44.5 Å². The van der Waals surface area contributed by atoms with Gasteiger partial charge >= 0.3 is 6.03 Å². The molecule has 1 aliphatic carbocycles. The van der Waals surface area contributed by atoms with Crippen LogP contribution in [0.5, 0.6) is 0 Å². The number of nitrogens with one attached hydrogen (secondary N) is 1. The number of carbonyl (C=O) groups excluding carboxylic acids is 2. The number of fused-ring (bicyclic) bond motifs is 1. The van der Waals surface area contributed by atoms with Crippen molar-refractivity contribution in [3.05, 3.63) is 29.7 Å². The van der Waals surface area contributed by atoms with E-state index in [4.69, 9.17) is 4.42 Å². The van der Waals surface area contributed by atoms with E-state index in [1.165, 1.54) is 12.8 Å². The lowest BCUT2D eigenvalue weighted by Gasteiger charge is -2.35. The Balaban J connectivity index is 1.29. The third-order valence-corrected chi connectivity index (χ3v) is 5.52. The van der Waals surface area contributed by atoms with E-state index in [0.717, 1.165) is 29.5 Å². The predicted octanol–water partition coefficient (Wildman–Crippen LogP) is 2.48. The van der Waals surface area contributed by atoms with E-state index in [1.807, 2.05) is 34.9 Å².